The smallest absolute Gasteiger partial charge is 0.159 e. The zero-order chi connectivity index (χ0) is 7.28. The molecule has 0 fully saturated rings. The molecule has 56 valence electrons. The van der Waals surface area contributed by atoms with Crippen LogP contribution in [-0.4, -0.2) is 19.0 Å². The molecule has 3 heteroatoms. The Hall–Kier alpha value is -0.210. The molecule has 0 spiro atoms. The lowest BCUT2D eigenvalue weighted by Crippen LogP contribution is -2.18. The van der Waals surface area contributed by atoms with Crippen molar-refractivity contribution < 1.29 is 13.2 Å². The Kier molecular flexibility index (Phi) is 4.54. The van der Waals surface area contributed by atoms with Crippen LogP contribution in [0.3, 0.4) is 0 Å². The predicted molar refractivity (Wildman–Crippen MR) is 30.7 cm³/mol. The maximum Gasteiger partial charge on any atom is 0.159 e. The maximum atomic E-state index is 12.2. The van der Waals surface area contributed by atoms with E-state index in [1.54, 1.807) is 6.92 Å². The molecule has 0 saturated heterocycles. The molecule has 0 rings (SSSR count). The average molecular weight is 140 g/mol. The third kappa shape index (κ3) is 3.38. The highest BCUT2D eigenvalue weighted by atomic mass is 19.2. The molecule has 2 unspecified atom stereocenters. The molecule has 0 heterocycles. The number of hydrogen-bond donors (Lipinski definition) is 0. The molecule has 0 saturated carbocycles. The van der Waals surface area contributed by atoms with Gasteiger partial charge in [-0.25, -0.2) is 13.2 Å². The fourth-order valence-corrected chi connectivity index (χ4v) is 0.553. The fourth-order valence-electron chi connectivity index (χ4n) is 0.553. The van der Waals surface area contributed by atoms with E-state index in [0.717, 1.165) is 0 Å². The second-order valence-corrected chi connectivity index (χ2v) is 1.97. The van der Waals surface area contributed by atoms with Crippen LogP contribution in [0.2, 0.25) is 0 Å². The van der Waals surface area contributed by atoms with E-state index in [1.807, 2.05) is 0 Å². The minimum atomic E-state index is -1.91. The average Bonchev–Trinajstić information content (AvgIpc) is 1.87. The van der Waals surface area contributed by atoms with Gasteiger partial charge in [-0.2, -0.15) is 0 Å². The highest BCUT2D eigenvalue weighted by Gasteiger charge is 2.18. The van der Waals surface area contributed by atoms with Crippen molar-refractivity contribution in [3.63, 3.8) is 0 Å². The first-order valence-corrected chi connectivity index (χ1v) is 3.06. The van der Waals surface area contributed by atoms with Gasteiger partial charge in [0.2, 0.25) is 0 Å². The van der Waals surface area contributed by atoms with Gasteiger partial charge in [0.25, 0.3) is 0 Å². The van der Waals surface area contributed by atoms with Gasteiger partial charge in [-0.15, -0.1) is 0 Å². The summed E-state index contributed by atoms with van der Waals surface area (Å²) >= 11 is 0. The van der Waals surface area contributed by atoms with Crippen LogP contribution in [-0.2, 0) is 0 Å². The van der Waals surface area contributed by atoms with Crippen molar-refractivity contribution in [1.82, 2.24) is 0 Å². The summed E-state index contributed by atoms with van der Waals surface area (Å²) in [6.07, 6.45) is -2.85. The summed E-state index contributed by atoms with van der Waals surface area (Å²) in [4.78, 5) is 0. The predicted octanol–water partition coefficient (Wildman–Crippen LogP) is 2.43. The minimum Gasteiger partial charge on any atom is -0.248 e. The van der Waals surface area contributed by atoms with Gasteiger partial charge >= 0.3 is 0 Å². The summed E-state index contributed by atoms with van der Waals surface area (Å²) in [5.74, 6) is 0. The molecule has 9 heavy (non-hydrogen) atoms. The molecule has 0 aliphatic rings. The van der Waals surface area contributed by atoms with Gasteiger partial charge in [-0.05, 0) is 6.42 Å². The van der Waals surface area contributed by atoms with Gasteiger partial charge in [0, 0.05) is 0 Å². The van der Waals surface area contributed by atoms with Crippen LogP contribution in [0.25, 0.3) is 0 Å². The van der Waals surface area contributed by atoms with Crippen molar-refractivity contribution in [2.24, 2.45) is 0 Å². The van der Waals surface area contributed by atoms with Crippen molar-refractivity contribution in [2.75, 3.05) is 6.67 Å². The highest BCUT2D eigenvalue weighted by Crippen LogP contribution is 2.10. The molecule has 0 N–H and O–H groups in total. The third-order valence-electron chi connectivity index (χ3n) is 1.10. The number of hydrogen-bond acceptors (Lipinski definition) is 0. The molecule has 0 amide bonds. The van der Waals surface area contributed by atoms with Crippen molar-refractivity contribution >= 4 is 0 Å². The van der Waals surface area contributed by atoms with E-state index < -0.39 is 19.0 Å². The van der Waals surface area contributed by atoms with E-state index in [9.17, 15) is 13.2 Å². The number of rotatable bonds is 4. The van der Waals surface area contributed by atoms with Crippen molar-refractivity contribution in [2.45, 2.75) is 32.1 Å². The first-order valence-electron chi connectivity index (χ1n) is 3.06. The first-order chi connectivity index (χ1) is 4.22. The molecule has 0 aromatic carbocycles. The molecule has 0 radical (unpaired) electrons. The fraction of sp³-hybridized carbons (Fsp3) is 1.00. The molecular weight excluding hydrogens is 129 g/mol. The highest BCUT2D eigenvalue weighted by molar-refractivity contribution is 4.65. The summed E-state index contributed by atoms with van der Waals surface area (Å²) in [6, 6.07) is 0. The number of halogens is 3. The Balaban J connectivity index is 3.32. The van der Waals surface area contributed by atoms with E-state index in [-0.39, 0.29) is 6.42 Å². The standard InChI is InChI=1S/C6H11F3/c1-2-3-5(8)6(9)4-7/h5-6H,2-4H2,1H3. The lowest BCUT2D eigenvalue weighted by Gasteiger charge is -2.07. The zero-order valence-electron chi connectivity index (χ0n) is 5.41. The van der Waals surface area contributed by atoms with E-state index >= 15 is 0 Å². The van der Waals surface area contributed by atoms with Crippen molar-refractivity contribution in [3.8, 4) is 0 Å². The van der Waals surface area contributed by atoms with Gasteiger partial charge in [0.1, 0.15) is 12.8 Å². The van der Waals surface area contributed by atoms with E-state index in [1.165, 1.54) is 0 Å². The van der Waals surface area contributed by atoms with Gasteiger partial charge in [0.15, 0.2) is 6.17 Å². The van der Waals surface area contributed by atoms with Crippen LogP contribution in [0.4, 0.5) is 13.2 Å². The SMILES string of the molecule is CCCC(F)C(F)CF. The summed E-state index contributed by atoms with van der Waals surface area (Å²) in [7, 11) is 0. The lowest BCUT2D eigenvalue weighted by molar-refractivity contribution is 0.129. The normalized spacial score (nSPS) is 17.3. The van der Waals surface area contributed by atoms with Crippen molar-refractivity contribution in [3.05, 3.63) is 0 Å². The Morgan fingerprint density at radius 2 is 1.78 bits per heavy atom. The molecule has 0 aliphatic carbocycles. The van der Waals surface area contributed by atoms with E-state index in [2.05, 4.69) is 0 Å². The first kappa shape index (κ1) is 8.79. The Bertz CT molecular complexity index is 65.3. The van der Waals surface area contributed by atoms with Crippen LogP contribution >= 0.6 is 0 Å². The van der Waals surface area contributed by atoms with Crippen LogP contribution < -0.4 is 0 Å². The molecule has 0 aromatic rings. The van der Waals surface area contributed by atoms with Crippen LogP contribution in [0.1, 0.15) is 19.8 Å². The quantitative estimate of drug-likeness (QED) is 0.562. The molecule has 0 bridgehead atoms. The van der Waals surface area contributed by atoms with Crippen LogP contribution in [0.15, 0.2) is 0 Å². The topological polar surface area (TPSA) is 0 Å². The lowest BCUT2D eigenvalue weighted by atomic mass is 10.1. The van der Waals surface area contributed by atoms with Crippen LogP contribution in [0, 0.1) is 0 Å². The zero-order valence-corrected chi connectivity index (χ0v) is 5.41. The van der Waals surface area contributed by atoms with Crippen LogP contribution in [0.5, 0.6) is 0 Å². The second kappa shape index (κ2) is 4.65. The molecule has 0 aromatic heterocycles. The molecule has 0 nitrogen and oxygen atoms in total. The Morgan fingerprint density at radius 3 is 2.11 bits per heavy atom. The second-order valence-electron chi connectivity index (χ2n) is 1.97. The molecular formula is C6H11F3. The summed E-state index contributed by atoms with van der Waals surface area (Å²) < 4.78 is 35.5. The Morgan fingerprint density at radius 1 is 1.22 bits per heavy atom. The summed E-state index contributed by atoms with van der Waals surface area (Å²) in [6.45, 7) is 0.526. The minimum absolute atomic E-state index is 0.116. The number of alkyl halides is 3. The van der Waals surface area contributed by atoms with Gasteiger partial charge in [-0.1, -0.05) is 13.3 Å². The largest absolute Gasteiger partial charge is 0.248 e. The van der Waals surface area contributed by atoms with E-state index in [0.29, 0.717) is 6.42 Å². The third-order valence-corrected chi connectivity index (χ3v) is 1.10. The maximum absolute atomic E-state index is 12.2. The summed E-state index contributed by atoms with van der Waals surface area (Å²) in [5.41, 5.74) is 0. The Labute approximate surface area is 53.1 Å². The van der Waals surface area contributed by atoms with Gasteiger partial charge in [0.05, 0.1) is 0 Å². The molecule has 2 atom stereocenters. The van der Waals surface area contributed by atoms with Gasteiger partial charge in [-0.3, -0.25) is 0 Å². The monoisotopic (exact) mass is 140 g/mol. The molecule has 0 aliphatic heterocycles. The van der Waals surface area contributed by atoms with E-state index in [4.69, 9.17) is 0 Å². The van der Waals surface area contributed by atoms with Crippen molar-refractivity contribution in [1.29, 1.82) is 0 Å². The van der Waals surface area contributed by atoms with Gasteiger partial charge < -0.3 is 0 Å². The summed E-state index contributed by atoms with van der Waals surface area (Å²) in [5, 5.41) is 0.